The van der Waals surface area contributed by atoms with E-state index in [1.165, 1.54) is 30.5 Å². The van der Waals surface area contributed by atoms with Crippen molar-refractivity contribution in [1.29, 1.82) is 0 Å². The van der Waals surface area contributed by atoms with Gasteiger partial charge in [0.2, 0.25) is 0 Å². The fraction of sp³-hybridized carbons (Fsp3) is 0.412. The number of non-ortho nitro benzene ring substituents is 1. The van der Waals surface area contributed by atoms with E-state index in [-0.39, 0.29) is 29.5 Å². The lowest BCUT2D eigenvalue weighted by molar-refractivity contribution is -0.384. The van der Waals surface area contributed by atoms with E-state index in [1.54, 1.807) is 0 Å². The van der Waals surface area contributed by atoms with Crippen molar-refractivity contribution in [3.05, 3.63) is 45.5 Å². The van der Waals surface area contributed by atoms with E-state index in [1.807, 2.05) is 0 Å². The molecule has 0 saturated heterocycles. The van der Waals surface area contributed by atoms with Crippen LogP contribution in [0.4, 0.5) is 5.69 Å². The van der Waals surface area contributed by atoms with Crippen molar-refractivity contribution in [3.63, 3.8) is 0 Å². The number of benzene rings is 1. The van der Waals surface area contributed by atoms with Gasteiger partial charge < -0.3 is 10.1 Å². The SMILES string of the molecule is O=Cc1cc([N+](=O)[O-])ccc1OCC(=O)NCCC1=CCCCC1. The molecular weight excluding hydrogens is 312 g/mol. The van der Waals surface area contributed by atoms with Crippen LogP contribution in [0.5, 0.6) is 5.75 Å². The van der Waals surface area contributed by atoms with Crippen molar-refractivity contribution in [3.8, 4) is 5.75 Å². The maximum atomic E-state index is 11.8. The number of hydrogen-bond acceptors (Lipinski definition) is 5. The maximum absolute atomic E-state index is 11.8. The standard InChI is InChI=1S/C17H20N2O5/c20-11-14-10-15(19(22)23)6-7-16(14)24-12-17(21)18-9-8-13-4-2-1-3-5-13/h4,6-7,10-11H,1-3,5,8-9,12H2,(H,18,21). The lowest BCUT2D eigenvalue weighted by atomic mass is 9.97. The Kier molecular flexibility index (Phi) is 6.48. The van der Waals surface area contributed by atoms with Gasteiger partial charge in [0, 0.05) is 18.7 Å². The number of nitro groups is 1. The van der Waals surface area contributed by atoms with E-state index in [0.717, 1.165) is 25.3 Å². The molecule has 0 radical (unpaired) electrons. The molecule has 7 nitrogen and oxygen atoms in total. The number of hydrogen-bond donors (Lipinski definition) is 1. The molecule has 0 unspecified atom stereocenters. The van der Waals surface area contributed by atoms with Gasteiger partial charge in [0.25, 0.3) is 11.6 Å². The van der Waals surface area contributed by atoms with Crippen LogP contribution in [0, 0.1) is 10.1 Å². The maximum Gasteiger partial charge on any atom is 0.270 e. The minimum absolute atomic E-state index is 0.0457. The van der Waals surface area contributed by atoms with Crippen LogP contribution in [0.15, 0.2) is 29.8 Å². The molecular formula is C17H20N2O5. The van der Waals surface area contributed by atoms with Gasteiger partial charge in [0.05, 0.1) is 10.5 Å². The van der Waals surface area contributed by atoms with Crippen LogP contribution in [0.1, 0.15) is 42.5 Å². The van der Waals surface area contributed by atoms with Crippen LogP contribution in [0.2, 0.25) is 0 Å². The molecule has 0 bridgehead atoms. The van der Waals surface area contributed by atoms with Crippen molar-refractivity contribution < 1.29 is 19.2 Å². The number of nitro benzene ring substituents is 1. The Morgan fingerprint density at radius 3 is 2.88 bits per heavy atom. The molecule has 1 aliphatic carbocycles. The average molecular weight is 332 g/mol. The van der Waals surface area contributed by atoms with Crippen LogP contribution < -0.4 is 10.1 Å². The zero-order valence-electron chi connectivity index (χ0n) is 13.3. The molecule has 0 aliphatic heterocycles. The van der Waals surface area contributed by atoms with Gasteiger partial charge in [-0.3, -0.25) is 19.7 Å². The van der Waals surface area contributed by atoms with Gasteiger partial charge in [0.15, 0.2) is 12.9 Å². The van der Waals surface area contributed by atoms with Gasteiger partial charge in [-0.05, 0) is 38.2 Å². The van der Waals surface area contributed by atoms with Gasteiger partial charge in [-0.25, -0.2) is 0 Å². The third-order valence-electron chi connectivity index (χ3n) is 3.84. The Hall–Kier alpha value is -2.70. The summed E-state index contributed by atoms with van der Waals surface area (Å²) in [5.74, 6) is -0.137. The van der Waals surface area contributed by atoms with E-state index in [4.69, 9.17) is 4.74 Å². The molecule has 0 saturated carbocycles. The summed E-state index contributed by atoms with van der Waals surface area (Å²) in [6, 6.07) is 3.67. The Bertz CT molecular complexity index is 654. The monoisotopic (exact) mass is 332 g/mol. The number of carbonyl (C=O) groups excluding carboxylic acids is 2. The first-order chi connectivity index (χ1) is 11.6. The molecule has 0 atom stereocenters. The number of aldehydes is 1. The smallest absolute Gasteiger partial charge is 0.270 e. The number of nitrogens with one attached hydrogen (secondary N) is 1. The first kappa shape index (κ1) is 17.7. The van der Waals surface area contributed by atoms with Crippen molar-refractivity contribution in [2.24, 2.45) is 0 Å². The molecule has 1 aromatic rings. The number of amides is 1. The first-order valence-electron chi connectivity index (χ1n) is 7.91. The van der Waals surface area contributed by atoms with E-state index in [9.17, 15) is 19.7 Å². The summed E-state index contributed by atoms with van der Waals surface area (Å²) >= 11 is 0. The number of carbonyl (C=O) groups is 2. The van der Waals surface area contributed by atoms with Crippen LogP contribution in [0.25, 0.3) is 0 Å². The second kappa shape index (κ2) is 8.81. The van der Waals surface area contributed by atoms with Gasteiger partial charge in [-0.1, -0.05) is 11.6 Å². The highest BCUT2D eigenvalue weighted by Gasteiger charge is 2.12. The molecule has 1 N–H and O–H groups in total. The minimum atomic E-state index is -0.594. The van der Waals surface area contributed by atoms with E-state index in [2.05, 4.69) is 11.4 Å². The third-order valence-corrected chi connectivity index (χ3v) is 3.84. The zero-order chi connectivity index (χ0) is 17.4. The topological polar surface area (TPSA) is 98.5 Å². The Balaban J connectivity index is 1.79. The second-order valence-electron chi connectivity index (χ2n) is 5.59. The van der Waals surface area contributed by atoms with Gasteiger partial charge >= 0.3 is 0 Å². The van der Waals surface area contributed by atoms with Crippen molar-refractivity contribution >= 4 is 17.9 Å². The summed E-state index contributed by atoms with van der Waals surface area (Å²) in [5.41, 5.74) is 1.22. The highest BCUT2D eigenvalue weighted by molar-refractivity contribution is 5.81. The summed E-state index contributed by atoms with van der Waals surface area (Å²) < 4.78 is 5.29. The minimum Gasteiger partial charge on any atom is -0.483 e. The van der Waals surface area contributed by atoms with Crippen LogP contribution >= 0.6 is 0 Å². The van der Waals surface area contributed by atoms with Crippen LogP contribution in [-0.2, 0) is 4.79 Å². The normalized spacial score (nSPS) is 13.8. The fourth-order valence-electron chi connectivity index (χ4n) is 2.56. The first-order valence-corrected chi connectivity index (χ1v) is 7.91. The number of nitrogens with zero attached hydrogens (tertiary/aromatic N) is 1. The summed E-state index contributed by atoms with van der Waals surface area (Å²) in [6.45, 7) is 0.312. The molecule has 1 amide bonds. The van der Waals surface area contributed by atoms with Gasteiger partial charge in [0.1, 0.15) is 5.75 Å². The third kappa shape index (κ3) is 5.19. The average Bonchev–Trinajstić information content (AvgIpc) is 2.60. The second-order valence-corrected chi connectivity index (χ2v) is 5.59. The highest BCUT2D eigenvalue weighted by Crippen LogP contribution is 2.22. The lowest BCUT2D eigenvalue weighted by Gasteiger charge is -2.13. The van der Waals surface area contributed by atoms with Crippen molar-refractivity contribution in [2.75, 3.05) is 13.2 Å². The van der Waals surface area contributed by atoms with E-state index in [0.29, 0.717) is 12.8 Å². The molecule has 1 aliphatic rings. The predicted octanol–water partition coefficient (Wildman–Crippen LogP) is 2.79. The predicted molar refractivity (Wildman–Crippen MR) is 88.2 cm³/mol. The highest BCUT2D eigenvalue weighted by atomic mass is 16.6. The fourth-order valence-corrected chi connectivity index (χ4v) is 2.56. The molecule has 0 aromatic heterocycles. The molecule has 2 rings (SSSR count). The van der Waals surface area contributed by atoms with Crippen molar-refractivity contribution in [2.45, 2.75) is 32.1 Å². The molecule has 128 valence electrons. The van der Waals surface area contributed by atoms with Crippen molar-refractivity contribution in [1.82, 2.24) is 5.32 Å². The number of allylic oxidation sites excluding steroid dienone is 1. The summed E-state index contributed by atoms with van der Waals surface area (Å²) in [4.78, 5) is 32.8. The Labute approximate surface area is 139 Å². The molecule has 24 heavy (non-hydrogen) atoms. The van der Waals surface area contributed by atoms with E-state index < -0.39 is 4.92 Å². The molecule has 0 heterocycles. The quantitative estimate of drug-likeness (QED) is 0.341. The Morgan fingerprint density at radius 1 is 1.38 bits per heavy atom. The summed E-state index contributed by atoms with van der Waals surface area (Å²) in [7, 11) is 0. The number of ether oxygens (including phenoxy) is 1. The lowest BCUT2D eigenvalue weighted by Crippen LogP contribution is -2.30. The molecule has 0 spiro atoms. The largest absolute Gasteiger partial charge is 0.483 e. The molecule has 1 aromatic carbocycles. The molecule has 0 fully saturated rings. The van der Waals surface area contributed by atoms with Gasteiger partial charge in [-0.15, -0.1) is 0 Å². The number of rotatable bonds is 8. The Morgan fingerprint density at radius 2 is 2.21 bits per heavy atom. The van der Waals surface area contributed by atoms with E-state index >= 15 is 0 Å². The van der Waals surface area contributed by atoms with Crippen LogP contribution in [-0.4, -0.2) is 30.3 Å². The summed E-state index contributed by atoms with van der Waals surface area (Å²) in [5, 5.41) is 13.4. The van der Waals surface area contributed by atoms with Gasteiger partial charge in [-0.2, -0.15) is 0 Å². The summed E-state index contributed by atoms with van der Waals surface area (Å²) in [6.07, 6.45) is 8.19. The van der Waals surface area contributed by atoms with Crippen LogP contribution in [0.3, 0.4) is 0 Å². The molecule has 7 heteroatoms. The zero-order valence-corrected chi connectivity index (χ0v) is 13.3.